The quantitative estimate of drug-likeness (QED) is 0.779. The Morgan fingerprint density at radius 1 is 1.28 bits per heavy atom. The van der Waals surface area contributed by atoms with E-state index < -0.39 is 0 Å². The molecule has 1 heterocycles. The molecule has 98 valence electrons. The topological polar surface area (TPSA) is 15.3 Å². The first-order chi connectivity index (χ1) is 8.59. The number of hydrogen-bond donors (Lipinski definition) is 1. The van der Waals surface area contributed by atoms with Crippen molar-refractivity contribution in [1.82, 2.24) is 4.90 Å². The lowest BCUT2D eigenvalue weighted by atomic mass is 9.98. The van der Waals surface area contributed by atoms with Gasteiger partial charge in [0, 0.05) is 12.1 Å². The normalized spacial score (nSPS) is 23.8. The van der Waals surface area contributed by atoms with E-state index >= 15 is 0 Å². The van der Waals surface area contributed by atoms with Crippen LogP contribution in [0.25, 0.3) is 0 Å². The van der Waals surface area contributed by atoms with Crippen LogP contribution in [0, 0.1) is 5.82 Å². The lowest BCUT2D eigenvalue weighted by Crippen LogP contribution is -2.49. The number of rotatable bonds is 1. The summed E-state index contributed by atoms with van der Waals surface area (Å²) in [6.45, 7) is 4.34. The van der Waals surface area contributed by atoms with Gasteiger partial charge in [-0.2, -0.15) is 0 Å². The highest BCUT2D eigenvalue weighted by Crippen LogP contribution is 2.24. The van der Waals surface area contributed by atoms with E-state index in [4.69, 9.17) is 12.2 Å². The zero-order valence-electron chi connectivity index (χ0n) is 10.8. The fourth-order valence-corrected chi connectivity index (χ4v) is 3.03. The Balaban J connectivity index is 2.09. The van der Waals surface area contributed by atoms with Crippen LogP contribution in [0.2, 0.25) is 0 Å². The average Bonchev–Trinajstić information content (AvgIpc) is 2.32. The smallest absolute Gasteiger partial charge is 0.173 e. The van der Waals surface area contributed by atoms with Crippen molar-refractivity contribution in [2.45, 2.75) is 45.2 Å². The third kappa shape index (κ3) is 2.80. The van der Waals surface area contributed by atoms with Crippen LogP contribution in [0.3, 0.4) is 0 Å². The molecule has 1 aromatic rings. The first-order valence-electron chi connectivity index (χ1n) is 6.43. The van der Waals surface area contributed by atoms with Gasteiger partial charge in [0.2, 0.25) is 0 Å². The minimum atomic E-state index is -0.267. The highest BCUT2D eigenvalue weighted by Gasteiger charge is 2.26. The van der Waals surface area contributed by atoms with E-state index in [1.807, 2.05) is 0 Å². The number of hydrogen-bond acceptors (Lipinski definition) is 1. The summed E-state index contributed by atoms with van der Waals surface area (Å²) in [5.41, 5.74) is 0.451. The Labute approximate surface area is 113 Å². The van der Waals surface area contributed by atoms with Gasteiger partial charge >= 0.3 is 0 Å². The molecular weight excluding hydrogens is 247 g/mol. The van der Waals surface area contributed by atoms with E-state index in [1.165, 1.54) is 12.5 Å². The van der Waals surface area contributed by atoms with Gasteiger partial charge in [-0.05, 0) is 57.5 Å². The predicted molar refractivity (Wildman–Crippen MR) is 77.2 cm³/mol. The van der Waals surface area contributed by atoms with Gasteiger partial charge in [-0.15, -0.1) is 0 Å². The number of benzene rings is 1. The molecule has 1 aliphatic rings. The van der Waals surface area contributed by atoms with Gasteiger partial charge in [0.05, 0.1) is 5.69 Å². The molecule has 4 heteroatoms. The van der Waals surface area contributed by atoms with Crippen molar-refractivity contribution in [2.24, 2.45) is 0 Å². The van der Waals surface area contributed by atoms with Gasteiger partial charge in [0.1, 0.15) is 5.82 Å². The number of para-hydroxylation sites is 1. The average molecular weight is 266 g/mol. The van der Waals surface area contributed by atoms with Gasteiger partial charge in [-0.1, -0.05) is 12.1 Å². The number of piperidine rings is 1. The number of nitrogens with zero attached hydrogens (tertiary/aromatic N) is 1. The Bertz CT molecular complexity index is 426. The van der Waals surface area contributed by atoms with Crippen molar-refractivity contribution in [3.63, 3.8) is 0 Å². The first-order valence-corrected chi connectivity index (χ1v) is 6.84. The van der Waals surface area contributed by atoms with E-state index in [0.717, 1.165) is 12.8 Å². The van der Waals surface area contributed by atoms with Crippen molar-refractivity contribution in [3.8, 4) is 0 Å². The Kier molecular flexibility index (Phi) is 4.17. The standard InChI is InChI=1S/C14H19FN2S/c1-10-6-5-7-11(2)17(10)14(18)16-13-9-4-3-8-12(13)15/h3-4,8-11H,5-7H2,1-2H3,(H,16,18)/t10-,11-/m1/s1. The van der Waals surface area contributed by atoms with Crippen molar-refractivity contribution < 1.29 is 4.39 Å². The molecule has 0 amide bonds. The highest BCUT2D eigenvalue weighted by atomic mass is 32.1. The second-order valence-electron chi connectivity index (χ2n) is 4.95. The molecule has 0 bridgehead atoms. The summed E-state index contributed by atoms with van der Waals surface area (Å²) in [7, 11) is 0. The lowest BCUT2D eigenvalue weighted by molar-refractivity contribution is 0.194. The van der Waals surface area contributed by atoms with Crippen molar-refractivity contribution in [2.75, 3.05) is 5.32 Å². The lowest BCUT2D eigenvalue weighted by Gasteiger charge is -2.40. The van der Waals surface area contributed by atoms with Gasteiger partial charge in [-0.25, -0.2) is 4.39 Å². The molecule has 2 rings (SSSR count). The molecule has 1 fully saturated rings. The summed E-state index contributed by atoms with van der Waals surface area (Å²) >= 11 is 5.42. The van der Waals surface area contributed by atoms with Crippen LogP contribution < -0.4 is 5.32 Å². The molecule has 1 aliphatic heterocycles. The molecule has 0 saturated carbocycles. The maximum Gasteiger partial charge on any atom is 0.173 e. The zero-order chi connectivity index (χ0) is 13.1. The van der Waals surface area contributed by atoms with E-state index in [0.29, 0.717) is 22.9 Å². The number of thiocarbonyl (C=S) groups is 1. The number of anilines is 1. The highest BCUT2D eigenvalue weighted by molar-refractivity contribution is 7.80. The summed E-state index contributed by atoms with van der Waals surface area (Å²) in [5.74, 6) is -0.267. The molecule has 2 atom stereocenters. The molecular formula is C14H19FN2S. The van der Waals surface area contributed by atoms with Crippen LogP contribution in [0.4, 0.5) is 10.1 Å². The molecule has 0 unspecified atom stereocenters. The van der Waals surface area contributed by atoms with Crippen LogP contribution >= 0.6 is 12.2 Å². The molecule has 0 spiro atoms. The number of halogens is 1. The second-order valence-corrected chi connectivity index (χ2v) is 5.33. The van der Waals surface area contributed by atoms with Crippen LogP contribution in [0.15, 0.2) is 24.3 Å². The third-order valence-corrected chi connectivity index (χ3v) is 3.86. The van der Waals surface area contributed by atoms with E-state index in [9.17, 15) is 4.39 Å². The van der Waals surface area contributed by atoms with Crippen LogP contribution in [-0.4, -0.2) is 22.1 Å². The van der Waals surface area contributed by atoms with E-state index in [1.54, 1.807) is 18.2 Å². The van der Waals surface area contributed by atoms with E-state index in [2.05, 4.69) is 24.1 Å². The Hall–Kier alpha value is -1.16. The molecule has 1 aromatic carbocycles. The minimum Gasteiger partial charge on any atom is -0.344 e. The van der Waals surface area contributed by atoms with Gasteiger partial charge in [0.15, 0.2) is 5.11 Å². The maximum atomic E-state index is 13.6. The Morgan fingerprint density at radius 2 is 1.89 bits per heavy atom. The maximum absolute atomic E-state index is 13.6. The fraction of sp³-hybridized carbons (Fsp3) is 0.500. The fourth-order valence-electron chi connectivity index (χ4n) is 2.56. The summed E-state index contributed by atoms with van der Waals surface area (Å²) in [6.07, 6.45) is 3.52. The van der Waals surface area contributed by atoms with Gasteiger partial charge < -0.3 is 10.2 Å². The minimum absolute atomic E-state index is 0.267. The van der Waals surface area contributed by atoms with Crippen molar-refractivity contribution in [3.05, 3.63) is 30.1 Å². The SMILES string of the molecule is C[C@@H]1CCC[C@@H](C)N1C(=S)Nc1ccccc1F. The number of likely N-dealkylation sites (tertiary alicyclic amines) is 1. The Morgan fingerprint density at radius 3 is 2.50 bits per heavy atom. The zero-order valence-corrected chi connectivity index (χ0v) is 11.6. The first kappa shape index (κ1) is 13.3. The summed E-state index contributed by atoms with van der Waals surface area (Å²) in [6, 6.07) is 7.46. The second kappa shape index (κ2) is 5.65. The monoisotopic (exact) mass is 266 g/mol. The molecule has 0 aromatic heterocycles. The molecule has 18 heavy (non-hydrogen) atoms. The van der Waals surface area contributed by atoms with E-state index in [-0.39, 0.29) is 5.82 Å². The van der Waals surface area contributed by atoms with Crippen LogP contribution in [0.1, 0.15) is 33.1 Å². The third-order valence-electron chi connectivity index (χ3n) is 3.54. The van der Waals surface area contributed by atoms with Crippen LogP contribution in [-0.2, 0) is 0 Å². The van der Waals surface area contributed by atoms with Crippen LogP contribution in [0.5, 0.6) is 0 Å². The largest absolute Gasteiger partial charge is 0.344 e. The number of nitrogens with one attached hydrogen (secondary N) is 1. The van der Waals surface area contributed by atoms with Gasteiger partial charge in [-0.3, -0.25) is 0 Å². The molecule has 2 nitrogen and oxygen atoms in total. The summed E-state index contributed by atoms with van der Waals surface area (Å²) in [4.78, 5) is 2.19. The van der Waals surface area contributed by atoms with Crippen molar-refractivity contribution >= 4 is 23.0 Å². The van der Waals surface area contributed by atoms with Gasteiger partial charge in [0.25, 0.3) is 0 Å². The molecule has 1 saturated heterocycles. The molecule has 0 radical (unpaired) electrons. The molecule has 1 N–H and O–H groups in total. The predicted octanol–water partition coefficient (Wildman–Crippen LogP) is 3.79. The summed E-state index contributed by atoms with van der Waals surface area (Å²) in [5, 5.41) is 3.65. The van der Waals surface area contributed by atoms with Crippen molar-refractivity contribution in [1.29, 1.82) is 0 Å². The molecule has 0 aliphatic carbocycles. The summed E-state index contributed by atoms with van der Waals surface area (Å²) < 4.78 is 13.6.